The molecule has 2 fully saturated rings. The van der Waals surface area contributed by atoms with Crippen LogP contribution < -0.4 is 5.32 Å². The first-order chi connectivity index (χ1) is 9.15. The number of hydrogen-bond donors (Lipinski definition) is 1. The molecule has 3 rings (SSSR count). The maximum absolute atomic E-state index is 3.87. The molecule has 0 aromatic carbocycles. The molecule has 0 saturated heterocycles. The average Bonchev–Trinajstić information content (AvgIpc) is 3.11. The molecule has 1 N–H and O–H groups in total. The van der Waals surface area contributed by atoms with E-state index in [-0.39, 0.29) is 5.41 Å². The van der Waals surface area contributed by atoms with Crippen molar-refractivity contribution in [1.82, 2.24) is 5.32 Å². The summed E-state index contributed by atoms with van der Waals surface area (Å²) in [6, 6.07) is 5.23. The fourth-order valence-corrected chi connectivity index (χ4v) is 4.41. The van der Waals surface area contributed by atoms with Gasteiger partial charge in [0, 0.05) is 22.9 Å². The summed E-state index contributed by atoms with van der Waals surface area (Å²) in [6.45, 7) is 5.86. The molecular formula is C17H27NS. The van der Waals surface area contributed by atoms with Crippen molar-refractivity contribution in [3.8, 4) is 0 Å². The zero-order chi connectivity index (χ0) is 13.3. The Morgan fingerprint density at radius 2 is 2.05 bits per heavy atom. The Morgan fingerprint density at radius 3 is 2.74 bits per heavy atom. The number of rotatable bonds is 5. The lowest BCUT2D eigenvalue weighted by molar-refractivity contribution is 0.252. The van der Waals surface area contributed by atoms with Crippen molar-refractivity contribution >= 4 is 11.3 Å². The van der Waals surface area contributed by atoms with Gasteiger partial charge < -0.3 is 5.32 Å². The van der Waals surface area contributed by atoms with Gasteiger partial charge in [0.1, 0.15) is 0 Å². The van der Waals surface area contributed by atoms with Gasteiger partial charge in [-0.3, -0.25) is 0 Å². The molecule has 0 bridgehead atoms. The zero-order valence-corrected chi connectivity index (χ0v) is 13.1. The van der Waals surface area contributed by atoms with Crippen LogP contribution in [0.5, 0.6) is 0 Å². The van der Waals surface area contributed by atoms with Crippen LogP contribution in [0.25, 0.3) is 0 Å². The molecule has 2 aliphatic rings. The van der Waals surface area contributed by atoms with E-state index < -0.39 is 0 Å². The van der Waals surface area contributed by atoms with E-state index in [1.165, 1.54) is 43.4 Å². The molecule has 2 saturated carbocycles. The van der Waals surface area contributed by atoms with Crippen molar-refractivity contribution < 1.29 is 0 Å². The van der Waals surface area contributed by atoms with Crippen LogP contribution in [-0.2, 0) is 5.41 Å². The smallest absolute Gasteiger partial charge is 0.0115 e. The summed E-state index contributed by atoms with van der Waals surface area (Å²) >= 11 is 1.89. The monoisotopic (exact) mass is 277 g/mol. The molecule has 0 spiro atoms. The highest BCUT2D eigenvalue weighted by Gasteiger charge is 2.35. The SMILES string of the molecule is CC(C)(CNC1CCCC(C2CC2)C1)c1cccs1. The van der Waals surface area contributed by atoms with Gasteiger partial charge in [0.2, 0.25) is 0 Å². The molecule has 1 nitrogen and oxygen atoms in total. The summed E-state index contributed by atoms with van der Waals surface area (Å²) in [5.74, 6) is 2.13. The summed E-state index contributed by atoms with van der Waals surface area (Å²) in [5, 5.41) is 6.06. The zero-order valence-electron chi connectivity index (χ0n) is 12.3. The van der Waals surface area contributed by atoms with Gasteiger partial charge in [-0.2, -0.15) is 0 Å². The van der Waals surface area contributed by atoms with Crippen LogP contribution in [0.4, 0.5) is 0 Å². The molecule has 2 unspecified atom stereocenters. The van der Waals surface area contributed by atoms with E-state index in [1.54, 1.807) is 0 Å². The van der Waals surface area contributed by atoms with Crippen LogP contribution in [0.1, 0.15) is 57.2 Å². The molecule has 1 heterocycles. The first-order valence-electron chi connectivity index (χ1n) is 7.92. The van der Waals surface area contributed by atoms with Crippen LogP contribution in [0, 0.1) is 11.8 Å². The highest BCUT2D eigenvalue weighted by molar-refractivity contribution is 7.10. The second-order valence-corrected chi connectivity index (χ2v) is 8.15. The van der Waals surface area contributed by atoms with E-state index >= 15 is 0 Å². The Balaban J connectivity index is 1.51. The number of nitrogens with one attached hydrogen (secondary N) is 1. The predicted molar refractivity (Wildman–Crippen MR) is 83.8 cm³/mol. The van der Waals surface area contributed by atoms with Crippen LogP contribution >= 0.6 is 11.3 Å². The normalized spacial score (nSPS) is 28.5. The Labute approximate surface area is 121 Å². The van der Waals surface area contributed by atoms with Crippen molar-refractivity contribution in [3.63, 3.8) is 0 Å². The van der Waals surface area contributed by atoms with Crippen molar-refractivity contribution in [1.29, 1.82) is 0 Å². The van der Waals surface area contributed by atoms with Crippen LogP contribution in [0.3, 0.4) is 0 Å². The third-order valence-corrected chi connectivity index (χ3v) is 6.26. The largest absolute Gasteiger partial charge is 0.313 e. The molecular weight excluding hydrogens is 250 g/mol. The summed E-state index contributed by atoms with van der Waals surface area (Å²) in [5.41, 5.74) is 0.278. The lowest BCUT2D eigenvalue weighted by Crippen LogP contribution is -2.41. The molecule has 0 amide bonds. The van der Waals surface area contributed by atoms with E-state index in [2.05, 4.69) is 36.7 Å². The van der Waals surface area contributed by atoms with Gasteiger partial charge in [-0.25, -0.2) is 0 Å². The van der Waals surface area contributed by atoms with Gasteiger partial charge in [-0.05, 0) is 49.0 Å². The Morgan fingerprint density at radius 1 is 1.21 bits per heavy atom. The summed E-state index contributed by atoms with van der Waals surface area (Å²) in [7, 11) is 0. The minimum Gasteiger partial charge on any atom is -0.313 e. The minimum atomic E-state index is 0.278. The maximum Gasteiger partial charge on any atom is 0.0115 e. The van der Waals surface area contributed by atoms with Gasteiger partial charge in [0.15, 0.2) is 0 Å². The standard InChI is InChI=1S/C17H27NS/c1-17(2,16-7-4-10-19-16)12-18-15-6-3-5-14(11-15)13-8-9-13/h4,7,10,13-15,18H,3,5-6,8-9,11-12H2,1-2H3. The molecule has 19 heavy (non-hydrogen) atoms. The second kappa shape index (κ2) is 5.57. The first-order valence-corrected chi connectivity index (χ1v) is 8.80. The molecule has 0 aliphatic heterocycles. The third kappa shape index (κ3) is 3.41. The molecule has 2 aliphatic carbocycles. The van der Waals surface area contributed by atoms with Gasteiger partial charge in [0.25, 0.3) is 0 Å². The molecule has 1 aromatic heterocycles. The summed E-state index contributed by atoms with van der Waals surface area (Å²) in [4.78, 5) is 1.51. The Kier molecular flexibility index (Phi) is 4.00. The third-order valence-electron chi connectivity index (χ3n) is 5.02. The lowest BCUT2D eigenvalue weighted by atomic mass is 9.82. The summed E-state index contributed by atoms with van der Waals surface area (Å²) < 4.78 is 0. The van der Waals surface area contributed by atoms with Gasteiger partial charge >= 0.3 is 0 Å². The Bertz CT molecular complexity index is 391. The highest BCUT2D eigenvalue weighted by atomic mass is 32.1. The van der Waals surface area contributed by atoms with Crippen LogP contribution in [-0.4, -0.2) is 12.6 Å². The topological polar surface area (TPSA) is 12.0 Å². The van der Waals surface area contributed by atoms with E-state index in [0.717, 1.165) is 24.4 Å². The van der Waals surface area contributed by atoms with E-state index in [0.29, 0.717) is 0 Å². The first kappa shape index (κ1) is 13.6. The van der Waals surface area contributed by atoms with Gasteiger partial charge in [0.05, 0.1) is 0 Å². The van der Waals surface area contributed by atoms with Gasteiger partial charge in [-0.15, -0.1) is 11.3 Å². The molecule has 2 heteroatoms. The second-order valence-electron chi connectivity index (χ2n) is 7.20. The van der Waals surface area contributed by atoms with Gasteiger partial charge in [-0.1, -0.05) is 32.8 Å². The molecule has 2 atom stereocenters. The lowest BCUT2D eigenvalue weighted by Gasteiger charge is -2.33. The Hall–Kier alpha value is -0.340. The molecule has 1 aromatic rings. The number of hydrogen-bond acceptors (Lipinski definition) is 2. The van der Waals surface area contributed by atoms with E-state index in [4.69, 9.17) is 0 Å². The molecule has 0 radical (unpaired) electrons. The quantitative estimate of drug-likeness (QED) is 0.830. The van der Waals surface area contributed by atoms with Crippen molar-refractivity contribution in [2.45, 2.75) is 63.8 Å². The molecule has 106 valence electrons. The number of thiophene rings is 1. The highest BCUT2D eigenvalue weighted by Crippen LogP contribution is 2.44. The average molecular weight is 277 g/mol. The maximum atomic E-state index is 3.87. The summed E-state index contributed by atoms with van der Waals surface area (Å²) in [6.07, 6.45) is 8.79. The van der Waals surface area contributed by atoms with E-state index in [9.17, 15) is 0 Å². The minimum absolute atomic E-state index is 0.278. The van der Waals surface area contributed by atoms with Crippen molar-refractivity contribution in [2.75, 3.05) is 6.54 Å². The van der Waals surface area contributed by atoms with Crippen LogP contribution in [0.2, 0.25) is 0 Å². The van der Waals surface area contributed by atoms with Crippen LogP contribution in [0.15, 0.2) is 17.5 Å². The van der Waals surface area contributed by atoms with Crippen molar-refractivity contribution in [2.24, 2.45) is 11.8 Å². The fourth-order valence-electron chi connectivity index (χ4n) is 3.56. The van der Waals surface area contributed by atoms with E-state index in [1.807, 2.05) is 11.3 Å². The van der Waals surface area contributed by atoms with Crippen molar-refractivity contribution in [3.05, 3.63) is 22.4 Å². The fraction of sp³-hybridized carbons (Fsp3) is 0.765. The predicted octanol–water partition coefficient (Wildman–Crippen LogP) is 4.58.